The summed E-state index contributed by atoms with van der Waals surface area (Å²) in [7, 11) is 0. The van der Waals surface area contributed by atoms with E-state index >= 15 is 0 Å². The van der Waals surface area contributed by atoms with Crippen LogP contribution in [-0.4, -0.2) is 30.4 Å². The second-order valence-electron chi connectivity index (χ2n) is 6.11. The molecule has 1 amide bonds. The minimum absolute atomic E-state index is 0.198. The van der Waals surface area contributed by atoms with E-state index in [1.807, 2.05) is 0 Å². The SMILES string of the molecule is CCC(CC)C(=O)NCC1CCN(Cc2ccsc2)CC1. The van der Waals surface area contributed by atoms with Crippen LogP contribution in [0.25, 0.3) is 0 Å². The minimum Gasteiger partial charge on any atom is -0.356 e. The molecule has 0 aliphatic carbocycles. The number of hydrogen-bond donors (Lipinski definition) is 1. The van der Waals surface area contributed by atoms with Crippen LogP contribution in [0, 0.1) is 11.8 Å². The molecule has 2 rings (SSSR count). The Morgan fingerprint density at radius 1 is 1.38 bits per heavy atom. The quantitative estimate of drug-likeness (QED) is 0.836. The summed E-state index contributed by atoms with van der Waals surface area (Å²) in [5, 5.41) is 7.55. The van der Waals surface area contributed by atoms with Gasteiger partial charge >= 0.3 is 0 Å². The maximum atomic E-state index is 12.0. The van der Waals surface area contributed by atoms with E-state index in [1.165, 1.54) is 18.4 Å². The van der Waals surface area contributed by atoms with E-state index in [4.69, 9.17) is 0 Å². The molecule has 1 aromatic heterocycles. The van der Waals surface area contributed by atoms with Crippen LogP contribution in [0.5, 0.6) is 0 Å². The molecule has 0 bridgehead atoms. The molecule has 1 fully saturated rings. The van der Waals surface area contributed by atoms with Gasteiger partial charge in [-0.3, -0.25) is 9.69 Å². The molecule has 4 heteroatoms. The summed E-state index contributed by atoms with van der Waals surface area (Å²) in [5.41, 5.74) is 1.43. The molecule has 1 aliphatic heterocycles. The van der Waals surface area contributed by atoms with E-state index in [2.05, 4.69) is 40.9 Å². The fourth-order valence-electron chi connectivity index (χ4n) is 3.04. The third-order valence-corrected chi connectivity index (χ3v) is 5.35. The van der Waals surface area contributed by atoms with Crippen LogP contribution in [0.15, 0.2) is 16.8 Å². The number of nitrogens with zero attached hydrogens (tertiary/aromatic N) is 1. The first-order valence-corrected chi connectivity index (χ1v) is 9.18. The molecule has 21 heavy (non-hydrogen) atoms. The lowest BCUT2D eigenvalue weighted by atomic mass is 9.95. The lowest BCUT2D eigenvalue weighted by molar-refractivity contribution is -0.125. The summed E-state index contributed by atoms with van der Waals surface area (Å²) < 4.78 is 0. The summed E-state index contributed by atoms with van der Waals surface area (Å²) >= 11 is 1.77. The van der Waals surface area contributed by atoms with Crippen molar-refractivity contribution < 1.29 is 4.79 Å². The largest absolute Gasteiger partial charge is 0.356 e. The fraction of sp³-hybridized carbons (Fsp3) is 0.706. The Balaban J connectivity index is 1.66. The van der Waals surface area contributed by atoms with Gasteiger partial charge in [0.1, 0.15) is 0 Å². The number of amides is 1. The Labute approximate surface area is 132 Å². The van der Waals surface area contributed by atoms with Gasteiger partial charge in [0.15, 0.2) is 0 Å². The molecule has 0 radical (unpaired) electrons. The zero-order chi connectivity index (χ0) is 15.1. The number of carbonyl (C=O) groups excluding carboxylic acids is 1. The Kier molecular flexibility index (Phi) is 6.71. The molecule has 1 N–H and O–H groups in total. The Morgan fingerprint density at radius 2 is 2.10 bits per heavy atom. The van der Waals surface area contributed by atoms with Gasteiger partial charge in [0.25, 0.3) is 0 Å². The van der Waals surface area contributed by atoms with Gasteiger partial charge in [-0.15, -0.1) is 0 Å². The van der Waals surface area contributed by atoms with Crippen LogP contribution in [-0.2, 0) is 11.3 Å². The average molecular weight is 308 g/mol. The molecular formula is C17H28N2OS. The lowest BCUT2D eigenvalue weighted by Crippen LogP contribution is -2.39. The summed E-state index contributed by atoms with van der Waals surface area (Å²) in [6.45, 7) is 8.44. The minimum atomic E-state index is 0.198. The van der Waals surface area contributed by atoms with Crippen LogP contribution in [0.3, 0.4) is 0 Å². The van der Waals surface area contributed by atoms with Crippen LogP contribution in [0.2, 0.25) is 0 Å². The summed E-state index contributed by atoms with van der Waals surface area (Å²) in [5.74, 6) is 1.10. The molecule has 0 spiro atoms. The summed E-state index contributed by atoms with van der Waals surface area (Å²) in [6.07, 6.45) is 4.30. The highest BCUT2D eigenvalue weighted by Crippen LogP contribution is 2.19. The van der Waals surface area contributed by atoms with Crippen molar-refractivity contribution in [3.63, 3.8) is 0 Å². The second-order valence-corrected chi connectivity index (χ2v) is 6.89. The van der Waals surface area contributed by atoms with E-state index in [9.17, 15) is 4.79 Å². The third kappa shape index (κ3) is 5.11. The highest BCUT2D eigenvalue weighted by molar-refractivity contribution is 7.07. The number of likely N-dealkylation sites (tertiary alicyclic amines) is 1. The van der Waals surface area contributed by atoms with Crippen LogP contribution in [0.4, 0.5) is 0 Å². The Morgan fingerprint density at radius 3 is 2.67 bits per heavy atom. The predicted molar refractivity (Wildman–Crippen MR) is 89.4 cm³/mol. The van der Waals surface area contributed by atoms with E-state index in [1.54, 1.807) is 11.3 Å². The summed E-state index contributed by atoms with van der Waals surface area (Å²) in [6, 6.07) is 2.21. The number of rotatable bonds is 7. The molecule has 0 aromatic carbocycles. The number of nitrogens with one attached hydrogen (secondary N) is 1. The number of hydrogen-bond acceptors (Lipinski definition) is 3. The molecule has 0 saturated carbocycles. The molecule has 1 saturated heterocycles. The molecule has 3 nitrogen and oxygen atoms in total. The highest BCUT2D eigenvalue weighted by atomic mass is 32.1. The zero-order valence-electron chi connectivity index (χ0n) is 13.3. The van der Waals surface area contributed by atoms with Gasteiger partial charge in [0.2, 0.25) is 5.91 Å². The monoisotopic (exact) mass is 308 g/mol. The molecule has 118 valence electrons. The van der Waals surface area contributed by atoms with Crippen molar-refractivity contribution in [3.8, 4) is 0 Å². The lowest BCUT2D eigenvalue weighted by Gasteiger charge is -2.32. The Hall–Kier alpha value is -0.870. The van der Waals surface area contributed by atoms with Gasteiger partial charge in [-0.25, -0.2) is 0 Å². The van der Waals surface area contributed by atoms with E-state index in [0.29, 0.717) is 5.92 Å². The molecule has 0 atom stereocenters. The molecular weight excluding hydrogens is 280 g/mol. The van der Waals surface area contributed by atoms with Gasteiger partial charge in [0.05, 0.1) is 0 Å². The van der Waals surface area contributed by atoms with Crippen molar-refractivity contribution in [1.29, 1.82) is 0 Å². The van der Waals surface area contributed by atoms with Gasteiger partial charge in [-0.1, -0.05) is 13.8 Å². The molecule has 0 unspecified atom stereocenters. The number of piperidine rings is 1. The van der Waals surface area contributed by atoms with Crippen molar-refractivity contribution in [3.05, 3.63) is 22.4 Å². The third-order valence-electron chi connectivity index (χ3n) is 4.61. The van der Waals surface area contributed by atoms with E-state index < -0.39 is 0 Å². The first kappa shape index (κ1) is 16.5. The number of thiophene rings is 1. The van der Waals surface area contributed by atoms with Gasteiger partial charge in [0, 0.05) is 19.0 Å². The normalized spacial score (nSPS) is 17.3. The van der Waals surface area contributed by atoms with Crippen LogP contribution < -0.4 is 5.32 Å². The first-order chi connectivity index (χ1) is 10.2. The van der Waals surface area contributed by atoms with Crippen LogP contribution >= 0.6 is 11.3 Å². The van der Waals surface area contributed by atoms with E-state index in [0.717, 1.165) is 39.0 Å². The average Bonchev–Trinajstić information content (AvgIpc) is 3.01. The van der Waals surface area contributed by atoms with Crippen molar-refractivity contribution in [2.75, 3.05) is 19.6 Å². The topological polar surface area (TPSA) is 32.3 Å². The van der Waals surface area contributed by atoms with Crippen molar-refractivity contribution >= 4 is 17.2 Å². The van der Waals surface area contributed by atoms with Gasteiger partial charge in [-0.2, -0.15) is 11.3 Å². The maximum absolute atomic E-state index is 12.0. The van der Waals surface area contributed by atoms with Crippen LogP contribution in [0.1, 0.15) is 45.1 Å². The zero-order valence-corrected chi connectivity index (χ0v) is 14.1. The number of carbonyl (C=O) groups is 1. The van der Waals surface area contributed by atoms with Crippen molar-refractivity contribution in [2.45, 2.75) is 46.1 Å². The summed E-state index contributed by atoms with van der Waals surface area (Å²) in [4.78, 5) is 14.5. The van der Waals surface area contributed by atoms with Gasteiger partial charge < -0.3 is 5.32 Å². The molecule has 2 heterocycles. The second kappa shape index (κ2) is 8.54. The Bertz CT molecular complexity index is 406. The standard InChI is InChI=1S/C17H28N2OS/c1-3-16(4-2)17(20)18-11-14-5-8-19(9-6-14)12-15-7-10-21-13-15/h7,10,13-14,16H,3-6,8-9,11-12H2,1-2H3,(H,18,20). The van der Waals surface area contributed by atoms with E-state index in [-0.39, 0.29) is 11.8 Å². The smallest absolute Gasteiger partial charge is 0.223 e. The molecule has 1 aromatic rings. The first-order valence-electron chi connectivity index (χ1n) is 8.24. The van der Waals surface area contributed by atoms with Crippen molar-refractivity contribution in [1.82, 2.24) is 10.2 Å². The van der Waals surface area contributed by atoms with Gasteiger partial charge in [-0.05, 0) is 67.1 Å². The maximum Gasteiger partial charge on any atom is 0.223 e. The van der Waals surface area contributed by atoms with Crippen molar-refractivity contribution in [2.24, 2.45) is 11.8 Å². The predicted octanol–water partition coefficient (Wildman–Crippen LogP) is 3.51. The fourth-order valence-corrected chi connectivity index (χ4v) is 3.70. The highest BCUT2D eigenvalue weighted by Gasteiger charge is 2.21. The molecule has 1 aliphatic rings.